The Hall–Kier alpha value is -4.70. The quantitative estimate of drug-likeness (QED) is 0.0885. The molecule has 2 saturated heterocycles. The normalized spacial score (nSPS) is 17.3. The Morgan fingerprint density at radius 2 is 1.54 bits per heavy atom. The summed E-state index contributed by atoms with van der Waals surface area (Å²) in [6.07, 6.45) is 6.60. The molecule has 54 heavy (non-hydrogen) atoms. The number of β-amino-alcohol motifs (C(OH)–C–C–N with tert-alkyl or cyclic N) is 2. The first-order valence-corrected chi connectivity index (χ1v) is 18.8. The minimum Gasteiger partial charge on any atom is -0.493 e. The molecule has 0 saturated carbocycles. The molecule has 284 valence electrons. The smallest absolute Gasteiger partial charge is 0.153 e. The SMILES string of the molecule is Cc1c(COc2cc(OCc3cncc(C#N)c3)c(C=O)cc2Cl)cccc1-c1cc(OCCCN2CC[C@@H](O)C2)cc(OCCCN2CC[C@@H](O)C2)c1. The van der Waals surface area contributed by atoms with Crippen molar-refractivity contribution in [3.8, 4) is 40.2 Å². The Morgan fingerprint density at radius 1 is 0.870 bits per heavy atom. The van der Waals surface area contributed by atoms with Crippen molar-refractivity contribution in [2.24, 2.45) is 0 Å². The molecule has 1 aromatic heterocycles. The number of hydrogen-bond donors (Lipinski definition) is 2. The van der Waals surface area contributed by atoms with Crippen LogP contribution in [0.25, 0.3) is 11.1 Å². The first-order chi connectivity index (χ1) is 26.3. The molecule has 2 aliphatic rings. The van der Waals surface area contributed by atoms with Gasteiger partial charge in [0.2, 0.25) is 0 Å². The van der Waals surface area contributed by atoms with E-state index in [1.54, 1.807) is 18.3 Å². The third-order valence-corrected chi connectivity index (χ3v) is 10.1. The number of aromatic nitrogens is 1. The number of benzene rings is 3. The molecule has 3 heterocycles. The average Bonchev–Trinajstić information content (AvgIpc) is 3.80. The highest BCUT2D eigenvalue weighted by Gasteiger charge is 2.21. The van der Waals surface area contributed by atoms with Crippen LogP contribution in [0.1, 0.15) is 58.3 Å². The molecule has 0 unspecified atom stereocenters. The fraction of sp³-hybridized carbons (Fsp3) is 0.405. The number of rotatable bonds is 18. The number of carbonyl (C=O) groups is 1. The summed E-state index contributed by atoms with van der Waals surface area (Å²) in [4.78, 5) is 20.4. The van der Waals surface area contributed by atoms with E-state index in [0.29, 0.717) is 55.2 Å². The van der Waals surface area contributed by atoms with Gasteiger partial charge in [0.1, 0.15) is 42.3 Å². The zero-order valence-electron chi connectivity index (χ0n) is 30.6. The summed E-state index contributed by atoms with van der Waals surface area (Å²) >= 11 is 6.55. The van der Waals surface area contributed by atoms with E-state index < -0.39 is 0 Å². The van der Waals surface area contributed by atoms with Crippen molar-refractivity contribution < 1.29 is 34.0 Å². The minimum absolute atomic E-state index is 0.102. The van der Waals surface area contributed by atoms with Crippen molar-refractivity contribution in [3.05, 3.63) is 99.8 Å². The van der Waals surface area contributed by atoms with Crippen LogP contribution in [0.4, 0.5) is 0 Å². The van der Waals surface area contributed by atoms with Gasteiger partial charge in [0.25, 0.3) is 0 Å². The molecular formula is C42H47ClN4O7. The van der Waals surface area contributed by atoms with Gasteiger partial charge in [0, 0.05) is 69.4 Å². The molecule has 0 bridgehead atoms. The molecule has 6 rings (SSSR count). The lowest BCUT2D eigenvalue weighted by molar-refractivity contribution is 0.111. The Kier molecular flexibility index (Phi) is 13.8. The highest BCUT2D eigenvalue weighted by Crippen LogP contribution is 2.36. The number of aliphatic hydroxyl groups excluding tert-OH is 2. The van der Waals surface area contributed by atoms with Crippen LogP contribution in [0.5, 0.6) is 23.0 Å². The molecule has 2 aliphatic heterocycles. The summed E-state index contributed by atoms with van der Waals surface area (Å²) in [6, 6.07) is 18.9. The maximum atomic E-state index is 11.9. The predicted molar refractivity (Wildman–Crippen MR) is 205 cm³/mol. The second kappa shape index (κ2) is 19.1. The number of carbonyl (C=O) groups excluding carboxylic acids is 1. The Bertz CT molecular complexity index is 1890. The van der Waals surface area contributed by atoms with Crippen LogP contribution in [0.2, 0.25) is 5.02 Å². The molecule has 2 N–H and O–H groups in total. The number of aldehydes is 1. The van der Waals surface area contributed by atoms with Crippen molar-refractivity contribution in [2.75, 3.05) is 52.5 Å². The van der Waals surface area contributed by atoms with E-state index >= 15 is 0 Å². The van der Waals surface area contributed by atoms with Crippen LogP contribution in [0.15, 0.2) is 67.0 Å². The number of nitrogens with zero attached hydrogens (tertiary/aromatic N) is 4. The number of nitriles is 1. The number of aliphatic hydroxyl groups is 2. The van der Waals surface area contributed by atoms with Crippen molar-refractivity contribution in [1.29, 1.82) is 5.26 Å². The van der Waals surface area contributed by atoms with E-state index in [0.717, 1.165) is 85.6 Å². The van der Waals surface area contributed by atoms with Crippen LogP contribution in [0.3, 0.4) is 0 Å². The molecule has 0 radical (unpaired) electrons. The van der Waals surface area contributed by atoms with Gasteiger partial charge in [-0.15, -0.1) is 0 Å². The second-order valence-corrected chi connectivity index (χ2v) is 14.3. The van der Waals surface area contributed by atoms with Gasteiger partial charge in [0.05, 0.1) is 41.6 Å². The number of hydrogen-bond acceptors (Lipinski definition) is 11. The standard InChI is InChI=1S/C42H47ClN4O7/c1-29-32(28-54-42-20-41(34(26-48)18-40(42)43)53-27-31-15-30(21-44)22-45-23-31)5-2-6-39(29)33-16-37(51-13-3-9-46-11-7-35(49)24-46)19-38(17-33)52-14-4-10-47-12-8-36(50)25-47/h2,5-6,15-20,22-23,26,35-36,49-50H,3-4,7-14,24-25,27-28H2,1H3/t35-,36-/m1/s1. The Morgan fingerprint density at radius 3 is 2.15 bits per heavy atom. The molecule has 0 amide bonds. The molecular weight excluding hydrogens is 708 g/mol. The fourth-order valence-corrected chi connectivity index (χ4v) is 7.08. The highest BCUT2D eigenvalue weighted by atomic mass is 35.5. The van der Waals surface area contributed by atoms with Crippen LogP contribution in [0, 0.1) is 18.3 Å². The van der Waals surface area contributed by atoms with Crippen molar-refractivity contribution in [1.82, 2.24) is 14.8 Å². The van der Waals surface area contributed by atoms with Gasteiger partial charge in [-0.05, 0) is 79.1 Å². The van der Waals surface area contributed by atoms with E-state index in [1.807, 2.05) is 37.3 Å². The van der Waals surface area contributed by atoms with E-state index in [-0.39, 0.29) is 36.0 Å². The third-order valence-electron chi connectivity index (χ3n) is 9.80. The summed E-state index contributed by atoms with van der Waals surface area (Å²) in [5.74, 6) is 2.11. The van der Waals surface area contributed by atoms with E-state index in [4.69, 9.17) is 30.5 Å². The first kappa shape index (κ1) is 39.0. The van der Waals surface area contributed by atoms with Crippen LogP contribution in [-0.2, 0) is 13.2 Å². The van der Waals surface area contributed by atoms with E-state index in [1.165, 1.54) is 12.3 Å². The van der Waals surface area contributed by atoms with E-state index in [9.17, 15) is 20.3 Å². The number of ether oxygens (including phenoxy) is 4. The molecule has 0 aliphatic carbocycles. The largest absolute Gasteiger partial charge is 0.493 e. The maximum Gasteiger partial charge on any atom is 0.153 e. The first-order valence-electron chi connectivity index (χ1n) is 18.5. The fourth-order valence-electron chi connectivity index (χ4n) is 6.86. The van der Waals surface area contributed by atoms with Gasteiger partial charge in [0.15, 0.2) is 6.29 Å². The lowest BCUT2D eigenvalue weighted by Crippen LogP contribution is -2.24. The maximum absolute atomic E-state index is 11.9. The van der Waals surface area contributed by atoms with Gasteiger partial charge in [-0.3, -0.25) is 9.78 Å². The topological polar surface area (TPSA) is 138 Å². The van der Waals surface area contributed by atoms with Gasteiger partial charge < -0.3 is 39.0 Å². The summed E-state index contributed by atoms with van der Waals surface area (Å²) in [5.41, 5.74) is 5.29. The molecule has 2 fully saturated rings. The van der Waals surface area contributed by atoms with Gasteiger partial charge in [-0.25, -0.2) is 0 Å². The number of halogens is 1. The van der Waals surface area contributed by atoms with Crippen molar-refractivity contribution in [2.45, 2.75) is 58.0 Å². The summed E-state index contributed by atoms with van der Waals surface area (Å²) in [7, 11) is 0. The van der Waals surface area contributed by atoms with Gasteiger partial charge in [-0.2, -0.15) is 5.26 Å². The lowest BCUT2D eigenvalue weighted by Gasteiger charge is -2.18. The second-order valence-electron chi connectivity index (χ2n) is 13.9. The molecule has 2 atom stereocenters. The minimum atomic E-state index is -0.239. The van der Waals surface area contributed by atoms with Crippen LogP contribution in [-0.4, -0.2) is 96.0 Å². The highest BCUT2D eigenvalue weighted by molar-refractivity contribution is 6.32. The molecule has 12 heteroatoms. The van der Waals surface area contributed by atoms with Crippen LogP contribution >= 0.6 is 11.6 Å². The molecule has 3 aromatic carbocycles. The Labute approximate surface area is 321 Å². The number of likely N-dealkylation sites (tertiary alicyclic amines) is 2. The average molecular weight is 755 g/mol. The summed E-state index contributed by atoms with van der Waals surface area (Å²) < 4.78 is 24.7. The molecule has 11 nitrogen and oxygen atoms in total. The Balaban J connectivity index is 1.15. The zero-order valence-corrected chi connectivity index (χ0v) is 31.3. The number of pyridine rings is 1. The molecule has 4 aromatic rings. The van der Waals surface area contributed by atoms with Gasteiger partial charge in [-0.1, -0.05) is 29.8 Å². The summed E-state index contributed by atoms with van der Waals surface area (Å²) in [6.45, 7) is 8.43. The van der Waals surface area contributed by atoms with Crippen molar-refractivity contribution >= 4 is 17.9 Å². The molecule has 0 spiro atoms. The van der Waals surface area contributed by atoms with Crippen LogP contribution < -0.4 is 18.9 Å². The summed E-state index contributed by atoms with van der Waals surface area (Å²) in [5, 5.41) is 29.2. The monoisotopic (exact) mass is 754 g/mol. The lowest BCUT2D eigenvalue weighted by atomic mass is 9.96. The third kappa shape index (κ3) is 10.7. The van der Waals surface area contributed by atoms with E-state index in [2.05, 4.69) is 26.9 Å². The zero-order chi connectivity index (χ0) is 37.9. The van der Waals surface area contributed by atoms with Gasteiger partial charge >= 0.3 is 0 Å². The predicted octanol–water partition coefficient (Wildman–Crippen LogP) is 6.22. The van der Waals surface area contributed by atoms with Crippen molar-refractivity contribution in [3.63, 3.8) is 0 Å².